The Kier molecular flexibility index (Phi) is 5.83. The number of carbonyl (C=O) groups is 1. The molecule has 158 valence electrons. The van der Waals surface area contributed by atoms with E-state index < -0.39 is 17.6 Å². The van der Waals surface area contributed by atoms with Crippen LogP contribution in [0.25, 0.3) is 16.4 Å². The minimum Gasteiger partial charge on any atom is -0.269 e. The molecule has 0 aliphatic carbocycles. The zero-order valence-corrected chi connectivity index (χ0v) is 16.7. The first kappa shape index (κ1) is 20.8. The third kappa shape index (κ3) is 4.81. The van der Waals surface area contributed by atoms with Gasteiger partial charge in [0.25, 0.3) is 0 Å². The Balaban J connectivity index is 1.61. The first-order chi connectivity index (χ1) is 14.9. The van der Waals surface area contributed by atoms with Crippen LogP contribution in [-0.4, -0.2) is 20.7 Å². The highest BCUT2D eigenvalue weighted by molar-refractivity contribution is 7.13. The molecular weight excluding hydrogens is 429 g/mol. The van der Waals surface area contributed by atoms with Crippen molar-refractivity contribution < 1.29 is 22.8 Å². The summed E-state index contributed by atoms with van der Waals surface area (Å²) >= 11 is 1.33. The van der Waals surface area contributed by atoms with Crippen LogP contribution in [-0.2, 0) is 17.6 Å². The number of hydroxylamine groups is 1. The van der Waals surface area contributed by atoms with E-state index in [4.69, 9.17) is 4.84 Å². The average molecular weight is 444 g/mol. The molecule has 4 aromatic rings. The van der Waals surface area contributed by atoms with Crippen LogP contribution in [0.5, 0.6) is 0 Å². The van der Waals surface area contributed by atoms with E-state index in [0.29, 0.717) is 4.88 Å². The van der Waals surface area contributed by atoms with Crippen molar-refractivity contribution >= 4 is 17.2 Å². The molecule has 0 atom stereocenters. The van der Waals surface area contributed by atoms with Crippen molar-refractivity contribution in [3.63, 3.8) is 0 Å². The van der Waals surface area contributed by atoms with Crippen molar-refractivity contribution in [3.8, 4) is 16.4 Å². The molecule has 2 heterocycles. The lowest BCUT2D eigenvalue weighted by Crippen LogP contribution is -2.25. The van der Waals surface area contributed by atoms with Crippen molar-refractivity contribution in [2.45, 2.75) is 12.8 Å². The van der Waals surface area contributed by atoms with Crippen LogP contribution in [0.3, 0.4) is 0 Å². The van der Waals surface area contributed by atoms with Crippen molar-refractivity contribution in [2.75, 3.05) is 0 Å². The summed E-state index contributed by atoms with van der Waals surface area (Å²) in [5, 5.41) is 5.93. The van der Waals surface area contributed by atoms with Crippen LogP contribution in [0.4, 0.5) is 13.2 Å². The molecule has 0 aliphatic heterocycles. The summed E-state index contributed by atoms with van der Waals surface area (Å²) in [6.07, 6.45) is -4.51. The maximum atomic E-state index is 13.1. The summed E-state index contributed by atoms with van der Waals surface area (Å²) in [5.74, 6) is -0.684. The summed E-state index contributed by atoms with van der Waals surface area (Å²) in [6.45, 7) is 0.138. The van der Waals surface area contributed by atoms with Gasteiger partial charge in [0.1, 0.15) is 0 Å². The zero-order valence-electron chi connectivity index (χ0n) is 15.8. The van der Waals surface area contributed by atoms with E-state index in [2.05, 4.69) is 15.6 Å². The molecule has 0 spiro atoms. The summed E-state index contributed by atoms with van der Waals surface area (Å²) < 4.78 is 40.7. The van der Waals surface area contributed by atoms with Gasteiger partial charge in [-0.25, -0.2) is 15.1 Å². The van der Waals surface area contributed by atoms with E-state index >= 15 is 0 Å². The Labute approximate surface area is 178 Å². The lowest BCUT2D eigenvalue weighted by Gasteiger charge is -2.09. The fourth-order valence-electron chi connectivity index (χ4n) is 2.77. The third-order valence-corrected chi connectivity index (χ3v) is 5.08. The number of rotatable bonds is 6. The average Bonchev–Trinajstić information content (AvgIpc) is 3.44. The SMILES string of the molecule is O=C(NOCc1ccccc1)c1nc(-c2cccs2)n(-c2cccc(C(F)(F)F)c2)n1. The highest BCUT2D eigenvalue weighted by Crippen LogP contribution is 2.32. The van der Waals surface area contributed by atoms with Crippen LogP contribution in [0.15, 0.2) is 72.1 Å². The monoisotopic (exact) mass is 444 g/mol. The second-order valence-electron chi connectivity index (χ2n) is 6.40. The number of hydrogen-bond donors (Lipinski definition) is 1. The maximum absolute atomic E-state index is 13.1. The van der Waals surface area contributed by atoms with Gasteiger partial charge in [-0.15, -0.1) is 16.4 Å². The molecule has 6 nitrogen and oxygen atoms in total. The van der Waals surface area contributed by atoms with Crippen molar-refractivity contribution in [2.24, 2.45) is 0 Å². The number of nitrogens with zero attached hydrogens (tertiary/aromatic N) is 3. The Morgan fingerprint density at radius 3 is 2.58 bits per heavy atom. The van der Waals surface area contributed by atoms with Gasteiger partial charge in [-0.05, 0) is 35.2 Å². The number of aromatic nitrogens is 3. The van der Waals surface area contributed by atoms with Crippen molar-refractivity contribution in [1.29, 1.82) is 0 Å². The van der Waals surface area contributed by atoms with Gasteiger partial charge in [-0.2, -0.15) is 13.2 Å². The van der Waals surface area contributed by atoms with Crippen LogP contribution in [0, 0.1) is 0 Å². The van der Waals surface area contributed by atoms with E-state index in [1.54, 1.807) is 17.5 Å². The third-order valence-electron chi connectivity index (χ3n) is 4.22. The standard InChI is InChI=1S/C21H15F3N4O2S/c22-21(23,24)15-8-4-9-16(12-15)28-19(17-10-5-11-31-17)25-18(26-28)20(29)27-30-13-14-6-2-1-3-7-14/h1-12H,13H2,(H,27,29). The van der Waals surface area contributed by atoms with Gasteiger partial charge in [0.15, 0.2) is 5.82 Å². The molecule has 0 saturated heterocycles. The fourth-order valence-corrected chi connectivity index (χ4v) is 3.47. The van der Waals surface area contributed by atoms with Gasteiger partial charge in [0, 0.05) is 0 Å². The molecular formula is C21H15F3N4O2S. The van der Waals surface area contributed by atoms with E-state index in [0.717, 1.165) is 17.7 Å². The van der Waals surface area contributed by atoms with Gasteiger partial charge in [0.05, 0.1) is 22.7 Å². The number of amides is 1. The first-order valence-corrected chi connectivity index (χ1v) is 9.94. The van der Waals surface area contributed by atoms with Gasteiger partial charge in [-0.3, -0.25) is 9.63 Å². The van der Waals surface area contributed by atoms with E-state index in [9.17, 15) is 18.0 Å². The second kappa shape index (κ2) is 8.70. The van der Waals surface area contributed by atoms with Crippen molar-refractivity contribution in [3.05, 3.63) is 89.1 Å². The summed E-state index contributed by atoms with van der Waals surface area (Å²) in [4.78, 5) is 22.6. The number of benzene rings is 2. The molecule has 2 aromatic carbocycles. The van der Waals surface area contributed by atoms with Crippen LogP contribution >= 0.6 is 11.3 Å². The molecule has 2 aromatic heterocycles. The zero-order chi connectivity index (χ0) is 21.8. The molecule has 0 fully saturated rings. The largest absolute Gasteiger partial charge is 0.416 e. The Hall–Kier alpha value is -3.50. The summed E-state index contributed by atoms with van der Waals surface area (Å²) in [6, 6.07) is 17.4. The van der Waals surface area contributed by atoms with Crippen LogP contribution in [0.1, 0.15) is 21.7 Å². The highest BCUT2D eigenvalue weighted by Gasteiger charge is 2.31. The molecule has 0 unspecified atom stereocenters. The van der Waals surface area contributed by atoms with Gasteiger partial charge in [0.2, 0.25) is 5.82 Å². The van der Waals surface area contributed by atoms with Crippen LogP contribution in [0.2, 0.25) is 0 Å². The number of hydrogen-bond acceptors (Lipinski definition) is 5. The summed E-state index contributed by atoms with van der Waals surface area (Å²) in [7, 11) is 0. The number of carbonyl (C=O) groups excluding carboxylic acids is 1. The lowest BCUT2D eigenvalue weighted by molar-refractivity contribution is -0.137. The molecule has 31 heavy (non-hydrogen) atoms. The van der Waals surface area contributed by atoms with Crippen molar-refractivity contribution in [1.82, 2.24) is 20.2 Å². The number of alkyl halides is 3. The normalized spacial score (nSPS) is 11.5. The van der Waals surface area contributed by atoms with Gasteiger partial charge in [-0.1, -0.05) is 42.5 Å². The van der Waals surface area contributed by atoms with E-state index in [-0.39, 0.29) is 23.9 Å². The smallest absolute Gasteiger partial charge is 0.269 e. The molecule has 1 N–H and O–H groups in total. The van der Waals surface area contributed by atoms with E-state index in [1.807, 2.05) is 30.3 Å². The molecule has 0 saturated carbocycles. The van der Waals surface area contributed by atoms with E-state index in [1.165, 1.54) is 28.2 Å². The number of halogens is 3. The van der Waals surface area contributed by atoms with Crippen LogP contribution < -0.4 is 5.48 Å². The molecule has 10 heteroatoms. The molecule has 0 aliphatic rings. The fraction of sp³-hybridized carbons (Fsp3) is 0.0952. The summed E-state index contributed by atoms with van der Waals surface area (Å²) in [5.41, 5.74) is 2.43. The minimum absolute atomic E-state index is 0.134. The van der Waals surface area contributed by atoms with Gasteiger partial charge >= 0.3 is 12.1 Å². The Morgan fingerprint density at radius 2 is 1.87 bits per heavy atom. The molecule has 1 amide bonds. The lowest BCUT2D eigenvalue weighted by atomic mass is 10.2. The highest BCUT2D eigenvalue weighted by atomic mass is 32.1. The second-order valence-corrected chi connectivity index (χ2v) is 7.35. The molecule has 0 bridgehead atoms. The number of nitrogens with one attached hydrogen (secondary N) is 1. The number of thiophene rings is 1. The topological polar surface area (TPSA) is 69.0 Å². The Bertz CT molecular complexity index is 1180. The quantitative estimate of drug-likeness (QED) is 0.431. The predicted octanol–water partition coefficient (Wildman–Crippen LogP) is 4.88. The molecule has 0 radical (unpaired) electrons. The predicted molar refractivity (Wildman–Crippen MR) is 108 cm³/mol. The molecule has 4 rings (SSSR count). The minimum atomic E-state index is -4.51. The Morgan fingerprint density at radius 1 is 1.06 bits per heavy atom. The van der Waals surface area contributed by atoms with Gasteiger partial charge < -0.3 is 0 Å². The maximum Gasteiger partial charge on any atom is 0.416 e. The first-order valence-electron chi connectivity index (χ1n) is 9.06.